The minimum absolute atomic E-state index is 0.0262. The first-order valence-corrected chi connectivity index (χ1v) is 16.5. The molecule has 3 fully saturated rings. The number of para-hydroxylation sites is 1. The Balaban J connectivity index is 1.18. The van der Waals surface area contributed by atoms with Crippen molar-refractivity contribution in [3.8, 4) is 5.75 Å². The molecule has 48 heavy (non-hydrogen) atoms. The lowest BCUT2D eigenvalue weighted by atomic mass is 9.70. The van der Waals surface area contributed by atoms with E-state index in [1.165, 1.54) is 7.05 Å². The van der Waals surface area contributed by atoms with Crippen LogP contribution in [-0.2, 0) is 32.3 Å². The number of aromatic hydroxyl groups is 1. The molecule has 1 saturated carbocycles. The van der Waals surface area contributed by atoms with Gasteiger partial charge in [-0.05, 0) is 30.4 Å². The predicted octanol–water partition coefficient (Wildman–Crippen LogP) is 2.42. The smallest absolute Gasteiger partial charge is 0.257 e. The highest BCUT2D eigenvalue weighted by Crippen LogP contribution is 2.54. The summed E-state index contributed by atoms with van der Waals surface area (Å²) in [4.78, 5) is 57.7. The van der Waals surface area contributed by atoms with Gasteiger partial charge in [0.15, 0.2) is 0 Å². The SMILES string of the molecule is CNC(=O)[C@@H](NC(=O)[C@@H]1CN(C(=O)c2cnn(Cc3ccccc3)c2)CC12CN(C(=O)[C@H]1CC1(C)C)C2)[C@@H](C)OCc1ccccc1O. The number of likely N-dealkylation sites (tertiary alicyclic amines) is 2. The minimum Gasteiger partial charge on any atom is -0.508 e. The van der Waals surface area contributed by atoms with Crippen LogP contribution >= 0.6 is 0 Å². The Morgan fingerprint density at radius 2 is 1.67 bits per heavy atom. The molecule has 3 heterocycles. The molecule has 2 aliphatic heterocycles. The molecular formula is C36H44N6O6. The Hall–Kier alpha value is -4.71. The van der Waals surface area contributed by atoms with Crippen molar-refractivity contribution >= 4 is 23.6 Å². The predicted molar refractivity (Wildman–Crippen MR) is 176 cm³/mol. The summed E-state index contributed by atoms with van der Waals surface area (Å²) in [5.41, 5.74) is 1.35. The number of hydrogen-bond acceptors (Lipinski definition) is 7. The van der Waals surface area contributed by atoms with Crippen LogP contribution in [0.3, 0.4) is 0 Å². The van der Waals surface area contributed by atoms with E-state index >= 15 is 0 Å². The van der Waals surface area contributed by atoms with Crippen LogP contribution in [0.2, 0.25) is 0 Å². The lowest BCUT2D eigenvalue weighted by Crippen LogP contribution is -2.65. The third-order valence-corrected chi connectivity index (χ3v) is 10.2. The summed E-state index contributed by atoms with van der Waals surface area (Å²) in [5, 5.41) is 20.1. The highest BCUT2D eigenvalue weighted by atomic mass is 16.5. The number of phenolic OH excluding ortho intramolecular Hbond substituents is 1. The second kappa shape index (κ2) is 13.1. The first-order valence-electron chi connectivity index (χ1n) is 16.5. The molecule has 4 atom stereocenters. The van der Waals surface area contributed by atoms with Gasteiger partial charge in [0.2, 0.25) is 17.7 Å². The van der Waals surface area contributed by atoms with Crippen molar-refractivity contribution in [1.29, 1.82) is 0 Å². The van der Waals surface area contributed by atoms with Crippen LogP contribution in [0.25, 0.3) is 0 Å². The van der Waals surface area contributed by atoms with Gasteiger partial charge in [0.1, 0.15) is 11.8 Å². The zero-order valence-electron chi connectivity index (χ0n) is 27.9. The van der Waals surface area contributed by atoms with Crippen molar-refractivity contribution in [3.63, 3.8) is 0 Å². The molecule has 2 aromatic carbocycles. The van der Waals surface area contributed by atoms with Crippen molar-refractivity contribution < 1.29 is 29.0 Å². The third-order valence-electron chi connectivity index (χ3n) is 10.2. The van der Waals surface area contributed by atoms with Gasteiger partial charge in [-0.25, -0.2) is 0 Å². The molecule has 6 rings (SSSR count). The van der Waals surface area contributed by atoms with Crippen LogP contribution in [0.15, 0.2) is 67.0 Å². The summed E-state index contributed by atoms with van der Waals surface area (Å²) >= 11 is 0. The van der Waals surface area contributed by atoms with E-state index in [1.54, 1.807) is 58.1 Å². The standard InChI is InChI=1S/C36H44N6O6/c1-23(48-19-25-12-8-9-13-29(25)43)30(32(45)37-4)39-31(44)28-18-40(20-36(28)21-41(22-36)34(47)27-14-35(27,2)3)33(46)26-15-38-42(17-26)16-24-10-6-5-7-11-24/h5-13,15,17,23,27-28,30,43H,14,16,18-22H2,1-4H3,(H,37,45)(H,39,44)/t23-,27-,28+,30+/m1/s1. The van der Waals surface area contributed by atoms with E-state index in [-0.39, 0.29) is 48.0 Å². The summed E-state index contributed by atoms with van der Waals surface area (Å²) in [5.74, 6) is -1.57. The van der Waals surface area contributed by atoms with Gasteiger partial charge >= 0.3 is 0 Å². The van der Waals surface area contributed by atoms with E-state index < -0.39 is 29.4 Å². The second-order valence-corrected chi connectivity index (χ2v) is 14.2. The molecular weight excluding hydrogens is 612 g/mol. The molecule has 254 valence electrons. The highest BCUT2D eigenvalue weighted by Gasteiger charge is 2.62. The number of ether oxygens (including phenoxy) is 1. The van der Waals surface area contributed by atoms with Crippen molar-refractivity contribution in [2.75, 3.05) is 33.2 Å². The number of aromatic nitrogens is 2. The molecule has 1 aromatic heterocycles. The number of nitrogens with one attached hydrogen (secondary N) is 2. The summed E-state index contributed by atoms with van der Waals surface area (Å²) in [6.07, 6.45) is 3.35. The fourth-order valence-electron chi connectivity index (χ4n) is 7.05. The molecule has 3 aromatic rings. The van der Waals surface area contributed by atoms with Crippen LogP contribution in [0.5, 0.6) is 5.75 Å². The van der Waals surface area contributed by atoms with E-state index in [0.29, 0.717) is 37.3 Å². The number of phenols is 1. The fraction of sp³-hybridized carbons (Fsp3) is 0.472. The van der Waals surface area contributed by atoms with E-state index in [0.717, 1.165) is 12.0 Å². The Morgan fingerprint density at radius 1 is 1.00 bits per heavy atom. The van der Waals surface area contributed by atoms with Gasteiger partial charge in [-0.15, -0.1) is 0 Å². The van der Waals surface area contributed by atoms with Crippen LogP contribution in [0.1, 0.15) is 48.7 Å². The Kier molecular flexibility index (Phi) is 9.04. The van der Waals surface area contributed by atoms with E-state index in [2.05, 4.69) is 29.6 Å². The van der Waals surface area contributed by atoms with Gasteiger partial charge in [-0.1, -0.05) is 62.4 Å². The molecule has 0 radical (unpaired) electrons. The average Bonchev–Trinajstić information content (AvgIpc) is 3.37. The number of carbonyl (C=O) groups excluding carboxylic acids is 4. The van der Waals surface area contributed by atoms with Crippen LogP contribution in [-0.4, -0.2) is 93.7 Å². The Morgan fingerprint density at radius 3 is 2.33 bits per heavy atom. The molecule has 1 spiro atoms. The second-order valence-electron chi connectivity index (χ2n) is 14.2. The zero-order valence-corrected chi connectivity index (χ0v) is 27.9. The molecule has 3 N–H and O–H groups in total. The van der Waals surface area contributed by atoms with Crippen LogP contribution in [0.4, 0.5) is 0 Å². The number of nitrogens with zero attached hydrogens (tertiary/aromatic N) is 4. The highest BCUT2D eigenvalue weighted by molar-refractivity contribution is 5.95. The number of hydrogen-bond donors (Lipinski definition) is 3. The number of carbonyl (C=O) groups is 4. The molecule has 1 aliphatic carbocycles. The topological polar surface area (TPSA) is 146 Å². The molecule has 0 unspecified atom stereocenters. The number of amides is 4. The maximum Gasteiger partial charge on any atom is 0.257 e. The average molecular weight is 657 g/mol. The van der Waals surface area contributed by atoms with Gasteiger partial charge in [-0.2, -0.15) is 5.10 Å². The molecule has 2 saturated heterocycles. The summed E-state index contributed by atoms with van der Waals surface area (Å²) in [7, 11) is 1.49. The van der Waals surface area contributed by atoms with Crippen molar-refractivity contribution in [2.24, 2.45) is 22.7 Å². The Bertz CT molecular complexity index is 1680. The molecule has 3 aliphatic rings. The largest absolute Gasteiger partial charge is 0.508 e. The minimum atomic E-state index is -1.03. The normalized spacial score (nSPS) is 21.7. The summed E-state index contributed by atoms with van der Waals surface area (Å²) < 4.78 is 7.66. The quantitative estimate of drug-likeness (QED) is 0.287. The van der Waals surface area contributed by atoms with Gasteiger partial charge in [0, 0.05) is 56.3 Å². The number of likely N-dealkylation sites (N-methyl/N-ethyl adjacent to an activating group) is 1. The van der Waals surface area contributed by atoms with Gasteiger partial charge in [-0.3, -0.25) is 23.9 Å². The maximum atomic E-state index is 14.1. The van der Waals surface area contributed by atoms with Crippen molar-refractivity contribution in [1.82, 2.24) is 30.2 Å². The molecule has 0 bridgehead atoms. The first kappa shape index (κ1) is 33.2. The number of benzene rings is 2. The van der Waals surface area contributed by atoms with E-state index in [4.69, 9.17) is 4.74 Å². The number of rotatable bonds is 11. The summed E-state index contributed by atoms with van der Waals surface area (Å²) in [6, 6.07) is 15.6. The third kappa shape index (κ3) is 6.66. The van der Waals surface area contributed by atoms with E-state index in [9.17, 15) is 24.3 Å². The van der Waals surface area contributed by atoms with Crippen molar-refractivity contribution in [2.45, 2.75) is 52.5 Å². The van der Waals surface area contributed by atoms with Gasteiger partial charge in [0.25, 0.3) is 5.91 Å². The first-order chi connectivity index (χ1) is 22.9. The van der Waals surface area contributed by atoms with Crippen molar-refractivity contribution in [3.05, 3.63) is 83.7 Å². The van der Waals surface area contributed by atoms with Gasteiger partial charge < -0.3 is 30.3 Å². The van der Waals surface area contributed by atoms with E-state index in [1.807, 2.05) is 30.3 Å². The zero-order chi connectivity index (χ0) is 34.2. The monoisotopic (exact) mass is 656 g/mol. The van der Waals surface area contributed by atoms with Gasteiger partial charge in [0.05, 0.1) is 36.9 Å². The molecule has 12 nitrogen and oxygen atoms in total. The molecule has 12 heteroatoms. The molecule has 4 amide bonds. The summed E-state index contributed by atoms with van der Waals surface area (Å²) in [6.45, 7) is 7.56. The lowest BCUT2D eigenvalue weighted by Gasteiger charge is -2.50. The van der Waals surface area contributed by atoms with Crippen LogP contribution in [0, 0.1) is 22.7 Å². The lowest BCUT2D eigenvalue weighted by molar-refractivity contribution is -0.152. The fourth-order valence-corrected chi connectivity index (χ4v) is 7.05. The van der Waals surface area contributed by atoms with Crippen LogP contribution < -0.4 is 10.6 Å². The maximum absolute atomic E-state index is 14.1. The Labute approximate surface area is 280 Å².